The molecule has 1 fully saturated rings. The van der Waals surface area contributed by atoms with Crippen LogP contribution in [0.4, 0.5) is 0 Å². The van der Waals surface area contributed by atoms with Gasteiger partial charge < -0.3 is 0 Å². The Morgan fingerprint density at radius 3 is 2.72 bits per heavy atom. The zero-order chi connectivity index (χ0) is 18.0. The highest BCUT2D eigenvalue weighted by atomic mass is 32.2. The molecule has 136 valence electrons. The largest absolute Gasteiger partial charge is 0.299 e. The minimum Gasteiger partial charge on any atom is -0.299 e. The summed E-state index contributed by atoms with van der Waals surface area (Å²) in [6.45, 7) is 5.46. The van der Waals surface area contributed by atoms with Crippen molar-refractivity contribution in [3.05, 3.63) is 46.0 Å². The molecular formula is C17H24N4O2S2. The van der Waals surface area contributed by atoms with E-state index in [0.29, 0.717) is 24.4 Å². The molecule has 1 aliphatic rings. The number of aromatic amines is 1. The molecule has 3 rings (SSSR count). The molecular weight excluding hydrogens is 356 g/mol. The van der Waals surface area contributed by atoms with Gasteiger partial charge in [-0.1, -0.05) is 29.8 Å². The molecule has 1 aliphatic heterocycles. The summed E-state index contributed by atoms with van der Waals surface area (Å²) in [5.41, 5.74) is 2.37. The van der Waals surface area contributed by atoms with Crippen molar-refractivity contribution >= 4 is 22.2 Å². The van der Waals surface area contributed by atoms with Crippen LogP contribution in [0.3, 0.4) is 0 Å². The van der Waals surface area contributed by atoms with Gasteiger partial charge in [0, 0.05) is 19.0 Å². The third kappa shape index (κ3) is 4.02. The maximum atomic E-state index is 12.2. The second kappa shape index (κ2) is 7.39. The first-order valence-electron chi connectivity index (χ1n) is 8.59. The molecule has 1 aromatic heterocycles. The van der Waals surface area contributed by atoms with E-state index in [0.717, 1.165) is 24.2 Å². The van der Waals surface area contributed by atoms with Crippen LogP contribution in [0.25, 0.3) is 0 Å². The van der Waals surface area contributed by atoms with E-state index >= 15 is 0 Å². The van der Waals surface area contributed by atoms with Crippen LogP contribution >= 0.6 is 12.2 Å². The summed E-state index contributed by atoms with van der Waals surface area (Å²) < 4.78 is 28.6. The molecule has 6 nitrogen and oxygen atoms in total. The zero-order valence-corrected chi connectivity index (χ0v) is 16.2. The average molecular weight is 381 g/mol. The van der Waals surface area contributed by atoms with Gasteiger partial charge in [-0.05, 0) is 44.5 Å². The number of rotatable bonds is 5. The molecule has 25 heavy (non-hydrogen) atoms. The smallest absolute Gasteiger partial charge is 0.213 e. The molecule has 0 aliphatic carbocycles. The normalized spacial score (nSPS) is 19.2. The quantitative estimate of drug-likeness (QED) is 0.810. The Kier molecular flexibility index (Phi) is 5.41. The van der Waals surface area contributed by atoms with Crippen molar-refractivity contribution in [3.8, 4) is 0 Å². The number of nitrogens with one attached hydrogen (secondary N) is 1. The summed E-state index contributed by atoms with van der Waals surface area (Å²) in [6, 6.07) is 8.33. The van der Waals surface area contributed by atoms with Gasteiger partial charge in [0.05, 0.1) is 12.3 Å². The Labute approximate surface area is 153 Å². The maximum Gasteiger partial charge on any atom is 0.213 e. The fourth-order valence-corrected chi connectivity index (χ4v) is 4.64. The number of piperidine rings is 1. The Morgan fingerprint density at radius 1 is 1.32 bits per heavy atom. The topological polar surface area (TPSA) is 71.0 Å². The maximum absolute atomic E-state index is 12.2. The highest BCUT2D eigenvalue weighted by Crippen LogP contribution is 2.27. The fraction of sp³-hybridized carbons (Fsp3) is 0.529. The van der Waals surface area contributed by atoms with Crippen molar-refractivity contribution in [2.75, 3.05) is 18.8 Å². The van der Waals surface area contributed by atoms with Crippen LogP contribution < -0.4 is 0 Å². The molecule has 1 saturated heterocycles. The van der Waals surface area contributed by atoms with Gasteiger partial charge in [0.2, 0.25) is 10.0 Å². The lowest BCUT2D eigenvalue weighted by Gasteiger charge is -2.31. The van der Waals surface area contributed by atoms with E-state index < -0.39 is 10.0 Å². The zero-order valence-electron chi connectivity index (χ0n) is 14.6. The number of nitrogens with zero attached hydrogens (tertiary/aromatic N) is 3. The molecule has 0 radical (unpaired) electrons. The summed E-state index contributed by atoms with van der Waals surface area (Å²) >= 11 is 5.41. The SMILES string of the molecule is CCS(=O)(=O)N1CCC[C@@H](c2n[nH]c(=S)n2Cc2ccc(C)cc2)C1. The average Bonchev–Trinajstić information content (AvgIpc) is 2.98. The summed E-state index contributed by atoms with van der Waals surface area (Å²) in [5, 5.41) is 7.30. The Hall–Kier alpha value is -1.51. The molecule has 1 N–H and O–H groups in total. The number of aryl methyl sites for hydroxylation is 1. The van der Waals surface area contributed by atoms with Gasteiger partial charge >= 0.3 is 0 Å². The molecule has 8 heteroatoms. The van der Waals surface area contributed by atoms with Gasteiger partial charge in [-0.15, -0.1) is 0 Å². The van der Waals surface area contributed by atoms with Gasteiger partial charge in [-0.3, -0.25) is 9.67 Å². The van der Waals surface area contributed by atoms with E-state index in [1.165, 1.54) is 5.56 Å². The minimum atomic E-state index is -3.17. The van der Waals surface area contributed by atoms with Crippen molar-refractivity contribution in [2.24, 2.45) is 0 Å². The van der Waals surface area contributed by atoms with Crippen molar-refractivity contribution < 1.29 is 8.42 Å². The highest BCUT2D eigenvalue weighted by molar-refractivity contribution is 7.89. The number of H-pyrrole nitrogens is 1. The molecule has 1 atom stereocenters. The van der Waals surface area contributed by atoms with E-state index in [9.17, 15) is 8.42 Å². The predicted octanol–water partition coefficient (Wildman–Crippen LogP) is 2.83. The van der Waals surface area contributed by atoms with E-state index in [4.69, 9.17) is 12.2 Å². The Morgan fingerprint density at radius 2 is 2.04 bits per heavy atom. The molecule has 2 heterocycles. The summed E-state index contributed by atoms with van der Waals surface area (Å²) in [5.74, 6) is 1.05. The molecule has 0 unspecified atom stereocenters. The fourth-order valence-electron chi connectivity index (χ4n) is 3.26. The molecule has 1 aromatic carbocycles. The Balaban J connectivity index is 1.85. The van der Waals surface area contributed by atoms with Crippen LogP contribution in [-0.4, -0.2) is 46.3 Å². The van der Waals surface area contributed by atoms with Crippen LogP contribution in [0.15, 0.2) is 24.3 Å². The standard InChI is InChI=1S/C17H24N4O2S2/c1-3-25(22,23)20-10-4-5-15(12-20)16-18-19-17(24)21(16)11-14-8-6-13(2)7-9-14/h6-9,15H,3-5,10-12H2,1-2H3,(H,19,24)/t15-/m1/s1. The number of hydrogen-bond donors (Lipinski definition) is 1. The second-order valence-electron chi connectivity index (χ2n) is 6.56. The monoisotopic (exact) mass is 380 g/mol. The first kappa shape index (κ1) is 18.3. The summed E-state index contributed by atoms with van der Waals surface area (Å²) in [6.07, 6.45) is 1.76. The van der Waals surface area contributed by atoms with E-state index in [-0.39, 0.29) is 11.7 Å². The van der Waals surface area contributed by atoms with Gasteiger partial charge in [0.1, 0.15) is 5.82 Å². The third-order valence-electron chi connectivity index (χ3n) is 4.76. The highest BCUT2D eigenvalue weighted by Gasteiger charge is 2.31. The minimum absolute atomic E-state index is 0.0634. The molecule has 0 spiro atoms. The van der Waals surface area contributed by atoms with Crippen LogP contribution in [0, 0.1) is 11.7 Å². The van der Waals surface area contributed by atoms with Crippen LogP contribution in [-0.2, 0) is 16.6 Å². The van der Waals surface area contributed by atoms with E-state index in [2.05, 4.69) is 41.4 Å². The van der Waals surface area contributed by atoms with Crippen molar-refractivity contribution in [2.45, 2.75) is 39.2 Å². The lowest BCUT2D eigenvalue weighted by Crippen LogP contribution is -2.40. The number of benzene rings is 1. The van der Waals surface area contributed by atoms with Crippen molar-refractivity contribution in [1.82, 2.24) is 19.1 Å². The first-order chi connectivity index (χ1) is 11.9. The van der Waals surface area contributed by atoms with Gasteiger partial charge in [-0.2, -0.15) is 5.10 Å². The predicted molar refractivity (Wildman–Crippen MR) is 101 cm³/mol. The number of aromatic nitrogens is 3. The van der Waals surface area contributed by atoms with Crippen LogP contribution in [0.5, 0.6) is 0 Å². The van der Waals surface area contributed by atoms with Gasteiger partial charge in [0.25, 0.3) is 0 Å². The molecule has 0 amide bonds. The first-order valence-corrected chi connectivity index (χ1v) is 10.6. The molecule has 0 saturated carbocycles. The van der Waals surface area contributed by atoms with Crippen molar-refractivity contribution in [1.29, 1.82) is 0 Å². The lowest BCUT2D eigenvalue weighted by molar-refractivity contribution is 0.305. The van der Waals surface area contributed by atoms with E-state index in [1.807, 2.05) is 4.57 Å². The van der Waals surface area contributed by atoms with Gasteiger partial charge in [0.15, 0.2) is 4.77 Å². The lowest BCUT2D eigenvalue weighted by atomic mass is 9.98. The van der Waals surface area contributed by atoms with E-state index in [1.54, 1.807) is 11.2 Å². The summed E-state index contributed by atoms with van der Waals surface area (Å²) in [4.78, 5) is 0. The second-order valence-corrected chi connectivity index (χ2v) is 9.20. The third-order valence-corrected chi connectivity index (χ3v) is 6.92. The Bertz CT molecular complexity index is 884. The van der Waals surface area contributed by atoms with Crippen molar-refractivity contribution in [3.63, 3.8) is 0 Å². The molecule has 0 bridgehead atoms. The van der Waals surface area contributed by atoms with Crippen LogP contribution in [0.1, 0.15) is 42.6 Å². The van der Waals surface area contributed by atoms with Crippen LogP contribution in [0.2, 0.25) is 0 Å². The number of hydrogen-bond acceptors (Lipinski definition) is 4. The molecule has 2 aromatic rings. The van der Waals surface area contributed by atoms with Gasteiger partial charge in [-0.25, -0.2) is 12.7 Å². The summed E-state index contributed by atoms with van der Waals surface area (Å²) in [7, 11) is -3.17. The number of sulfonamides is 1.